The molecule has 1 aliphatic carbocycles. The molecule has 0 aromatic carbocycles. The molecule has 1 aliphatic rings. The molecule has 0 fully saturated rings. The summed E-state index contributed by atoms with van der Waals surface area (Å²) in [6.45, 7) is 0. The van der Waals surface area contributed by atoms with Gasteiger partial charge in [0.05, 0.1) is 0 Å². The summed E-state index contributed by atoms with van der Waals surface area (Å²) in [7, 11) is 4.04. The predicted molar refractivity (Wildman–Crippen MR) is 35.4 cm³/mol. The van der Waals surface area contributed by atoms with Gasteiger partial charge in [0.15, 0.2) is 0 Å². The summed E-state index contributed by atoms with van der Waals surface area (Å²) in [5, 5.41) is 1.53. The zero-order valence-corrected chi connectivity index (χ0v) is 5.44. The third-order valence-electron chi connectivity index (χ3n) is 0.803. The first-order valence-corrected chi connectivity index (χ1v) is 4.38. The fraction of sp³-hybridized carbons (Fsp3) is 0.250. The van der Waals surface area contributed by atoms with Crippen LogP contribution in [0.4, 0.5) is 0 Å². The second-order valence-electron chi connectivity index (χ2n) is 1.23. The highest BCUT2D eigenvalue weighted by Gasteiger charge is 1.94. The molecule has 32 valence electrons. The summed E-state index contributed by atoms with van der Waals surface area (Å²) in [5.74, 6) is 0. The maximum Gasteiger partial charge on any atom is -0.00505 e. The Bertz CT molecular complexity index is 102. The minimum Gasteiger partial charge on any atom is -0.0825 e. The Kier molecular flexibility index (Phi) is 1.40. The molecule has 2 heteroatoms. The van der Waals surface area contributed by atoms with Gasteiger partial charge in [0.25, 0.3) is 0 Å². The van der Waals surface area contributed by atoms with Crippen molar-refractivity contribution >= 4 is 22.1 Å². The second-order valence-corrected chi connectivity index (χ2v) is 2.83. The zero-order valence-electron chi connectivity index (χ0n) is 3.39. The van der Waals surface area contributed by atoms with Crippen LogP contribution in [0.15, 0.2) is 12.2 Å². The molecule has 0 heterocycles. The van der Waals surface area contributed by atoms with Crippen LogP contribution >= 0.6 is 16.8 Å². The van der Waals surface area contributed by atoms with Crippen molar-refractivity contribution < 1.29 is 0 Å². The van der Waals surface area contributed by atoms with Gasteiger partial charge in [-0.3, -0.25) is 0 Å². The molecule has 0 radical (unpaired) electrons. The van der Waals surface area contributed by atoms with E-state index in [-0.39, 0.29) is 0 Å². The molecule has 1 rings (SSSR count). The lowest BCUT2D eigenvalue weighted by molar-refractivity contribution is 1.46. The summed E-state index contributed by atoms with van der Waals surface area (Å²) in [4.78, 5) is 0. The van der Waals surface area contributed by atoms with Crippen LogP contribution in [0.25, 0.3) is 0 Å². The first-order chi connectivity index (χ1) is 2.93. The molecule has 0 nitrogen and oxygen atoms in total. The quantitative estimate of drug-likeness (QED) is 0.423. The van der Waals surface area contributed by atoms with Crippen LogP contribution in [-0.4, -0.2) is 5.29 Å². The van der Waals surface area contributed by atoms with Crippen molar-refractivity contribution in [2.24, 2.45) is 0 Å². The lowest BCUT2D eigenvalue weighted by atomic mass is 10.1. The minimum atomic E-state index is 1.21. The Morgan fingerprint density at radius 1 is 1.83 bits per heavy atom. The molecule has 0 bridgehead atoms. The average molecular weight is 116 g/mol. The highest BCUT2D eigenvalue weighted by Crippen LogP contribution is 2.18. The zero-order chi connectivity index (χ0) is 4.41. The minimum absolute atomic E-state index is 1.21. The van der Waals surface area contributed by atoms with Crippen molar-refractivity contribution in [3.05, 3.63) is 12.2 Å². The summed E-state index contributed by atoms with van der Waals surface area (Å²) in [5.41, 5.74) is 0. The van der Waals surface area contributed by atoms with Gasteiger partial charge < -0.3 is 0 Å². The van der Waals surface area contributed by atoms with E-state index < -0.39 is 0 Å². The molecular weight excluding hydrogens is 110 g/mol. The molecule has 6 heavy (non-hydrogen) atoms. The average Bonchev–Trinajstić information content (AvgIpc) is 1.31. The Morgan fingerprint density at radius 3 is 2.50 bits per heavy atom. The fourth-order valence-corrected chi connectivity index (χ4v) is 1.30. The molecule has 0 aromatic heterocycles. The number of allylic oxidation sites excluding steroid dienone is 2. The first-order valence-electron chi connectivity index (χ1n) is 1.87. The van der Waals surface area contributed by atoms with E-state index in [1.807, 2.05) is 0 Å². The third-order valence-corrected chi connectivity index (χ3v) is 2.46. The van der Waals surface area contributed by atoms with Gasteiger partial charge in [-0.25, -0.2) is 0 Å². The maximum absolute atomic E-state index is 2.67. The Balaban J connectivity index is 2.60. The monoisotopic (exact) mass is 116 g/mol. The van der Waals surface area contributed by atoms with Gasteiger partial charge in [0.2, 0.25) is 0 Å². The predicted octanol–water partition coefficient (Wildman–Crippen LogP) is 1.85. The van der Waals surface area contributed by atoms with Gasteiger partial charge in [-0.15, -0.1) is 0 Å². The molecule has 1 unspecified atom stereocenters. The van der Waals surface area contributed by atoms with Crippen molar-refractivity contribution in [1.82, 2.24) is 0 Å². The van der Waals surface area contributed by atoms with Crippen LogP contribution in [0.3, 0.4) is 0 Å². The topological polar surface area (TPSA) is 0 Å². The second kappa shape index (κ2) is 1.87. The highest BCUT2D eigenvalue weighted by atomic mass is 32.0. The standard InChI is InChI=1S/C4H6P2/c5-6-4-2-1-3-4/h1-2H,3,5H2. The summed E-state index contributed by atoms with van der Waals surface area (Å²) < 4.78 is 0. The Hall–Kier alpha value is 0.340. The molecule has 0 aliphatic heterocycles. The third kappa shape index (κ3) is 0.696. The van der Waals surface area contributed by atoms with Crippen molar-refractivity contribution in [3.8, 4) is 0 Å². The van der Waals surface area contributed by atoms with Crippen molar-refractivity contribution in [2.75, 3.05) is 0 Å². The summed E-state index contributed by atoms with van der Waals surface area (Å²) >= 11 is 0. The van der Waals surface area contributed by atoms with Gasteiger partial charge in [-0.05, 0) is 11.7 Å². The van der Waals surface area contributed by atoms with Gasteiger partial charge in [-0.1, -0.05) is 29.0 Å². The van der Waals surface area contributed by atoms with Gasteiger partial charge in [0, 0.05) is 0 Å². The van der Waals surface area contributed by atoms with E-state index in [1.165, 1.54) is 19.6 Å². The molecular formula is C4H6P2. The maximum atomic E-state index is 2.67. The van der Waals surface area contributed by atoms with Crippen LogP contribution in [0.1, 0.15) is 6.42 Å². The van der Waals surface area contributed by atoms with Crippen LogP contribution in [-0.2, 0) is 0 Å². The first kappa shape index (κ1) is 4.50. The van der Waals surface area contributed by atoms with Gasteiger partial charge in [0.1, 0.15) is 0 Å². The summed E-state index contributed by atoms with van der Waals surface area (Å²) in [6, 6.07) is 0. The molecule has 0 spiro atoms. The van der Waals surface area contributed by atoms with E-state index in [9.17, 15) is 0 Å². The smallest absolute Gasteiger partial charge is 0.00505 e. The molecule has 0 saturated heterocycles. The SMILES string of the molecule is PP=C1C=CC1. The van der Waals surface area contributed by atoms with E-state index in [0.717, 1.165) is 0 Å². The van der Waals surface area contributed by atoms with Crippen molar-refractivity contribution in [1.29, 1.82) is 0 Å². The van der Waals surface area contributed by atoms with Crippen LogP contribution in [0.2, 0.25) is 0 Å². The molecule has 0 aromatic rings. The summed E-state index contributed by atoms with van der Waals surface area (Å²) in [6.07, 6.45) is 5.55. The van der Waals surface area contributed by atoms with E-state index in [1.54, 1.807) is 0 Å². The Morgan fingerprint density at radius 2 is 2.50 bits per heavy atom. The van der Waals surface area contributed by atoms with Gasteiger partial charge in [-0.2, -0.15) is 0 Å². The normalized spacial score (nSPS) is 24.5. The van der Waals surface area contributed by atoms with Crippen LogP contribution in [0, 0.1) is 0 Å². The van der Waals surface area contributed by atoms with E-state index in [0.29, 0.717) is 0 Å². The molecule has 0 saturated carbocycles. The van der Waals surface area contributed by atoms with E-state index in [4.69, 9.17) is 0 Å². The largest absolute Gasteiger partial charge is 0.0825 e. The van der Waals surface area contributed by atoms with Crippen LogP contribution < -0.4 is 0 Å². The Labute approximate surface area is 41.5 Å². The lowest BCUT2D eigenvalue weighted by Gasteiger charge is -2.01. The number of hydrogen-bond donors (Lipinski definition) is 0. The van der Waals surface area contributed by atoms with Crippen LogP contribution in [0.5, 0.6) is 0 Å². The molecule has 1 atom stereocenters. The lowest BCUT2D eigenvalue weighted by Crippen LogP contribution is -1.93. The van der Waals surface area contributed by atoms with Gasteiger partial charge >= 0.3 is 0 Å². The molecule has 0 N–H and O–H groups in total. The fourth-order valence-electron chi connectivity index (χ4n) is 0.319. The van der Waals surface area contributed by atoms with Crippen molar-refractivity contribution in [3.63, 3.8) is 0 Å². The van der Waals surface area contributed by atoms with E-state index >= 15 is 0 Å². The van der Waals surface area contributed by atoms with E-state index in [2.05, 4.69) is 21.1 Å². The number of rotatable bonds is 0. The van der Waals surface area contributed by atoms with Crippen molar-refractivity contribution in [2.45, 2.75) is 6.42 Å². The highest BCUT2D eigenvalue weighted by molar-refractivity contribution is 8.02. The number of hydrogen-bond acceptors (Lipinski definition) is 0. The molecule has 0 amide bonds.